The van der Waals surface area contributed by atoms with E-state index in [1.54, 1.807) is 9.80 Å². The van der Waals surface area contributed by atoms with Crippen molar-refractivity contribution in [3.63, 3.8) is 0 Å². The van der Waals surface area contributed by atoms with E-state index >= 15 is 0 Å². The molecule has 0 aliphatic carbocycles. The average Bonchev–Trinajstić information content (AvgIpc) is 3.80. The van der Waals surface area contributed by atoms with Crippen LogP contribution < -0.4 is 0 Å². The van der Waals surface area contributed by atoms with E-state index in [-0.39, 0.29) is 35.1 Å². The van der Waals surface area contributed by atoms with Gasteiger partial charge in [0.25, 0.3) is 0 Å². The largest absolute Gasteiger partial charge is 0.444 e. The van der Waals surface area contributed by atoms with Gasteiger partial charge in [-0.3, -0.25) is 9.80 Å². The minimum Gasteiger partial charge on any atom is -0.444 e. The van der Waals surface area contributed by atoms with Crippen molar-refractivity contribution in [2.45, 2.75) is 105 Å². The van der Waals surface area contributed by atoms with Crippen molar-refractivity contribution >= 4 is 12.2 Å². The van der Waals surface area contributed by atoms with Crippen LogP contribution in [0.4, 0.5) is 9.59 Å². The molecule has 0 unspecified atom stereocenters. The molecule has 2 aromatic heterocycles. The van der Waals surface area contributed by atoms with Gasteiger partial charge in [0.15, 0.2) is 0 Å². The lowest BCUT2D eigenvalue weighted by molar-refractivity contribution is 0.0158. The van der Waals surface area contributed by atoms with Crippen molar-refractivity contribution in [1.82, 2.24) is 29.7 Å². The number of aromatic nitrogens is 4. The van der Waals surface area contributed by atoms with E-state index in [1.165, 1.54) is 0 Å². The first-order valence-electron chi connectivity index (χ1n) is 17.6. The molecule has 0 radical (unpaired) electrons. The third-order valence-electron chi connectivity index (χ3n) is 9.76. The zero-order chi connectivity index (χ0) is 36.2. The highest BCUT2D eigenvalue weighted by atomic mass is 16.6. The third kappa shape index (κ3) is 7.30. The molecule has 2 amide bonds. The summed E-state index contributed by atoms with van der Waals surface area (Å²) in [5.74, 6) is 1.53. The Morgan fingerprint density at radius 1 is 0.620 bits per heavy atom. The van der Waals surface area contributed by atoms with Gasteiger partial charge < -0.3 is 19.4 Å². The highest BCUT2D eigenvalue weighted by Gasteiger charge is 2.48. The number of amides is 2. The van der Waals surface area contributed by atoms with Crippen molar-refractivity contribution in [1.29, 1.82) is 0 Å². The lowest BCUT2D eigenvalue weighted by atomic mass is 9.84. The molecule has 4 heterocycles. The second-order valence-electron chi connectivity index (χ2n) is 17.1. The monoisotopic (exact) mass is 680 g/mol. The number of carbonyl (C=O) groups excluding carboxylic acids is 2. The first-order chi connectivity index (χ1) is 23.3. The van der Waals surface area contributed by atoms with Crippen LogP contribution in [0.25, 0.3) is 33.6 Å². The Labute approximate surface area is 296 Å². The summed E-state index contributed by atoms with van der Waals surface area (Å²) in [6.07, 6.45) is 4.95. The van der Waals surface area contributed by atoms with Crippen LogP contribution in [0.1, 0.15) is 106 Å². The molecule has 6 rings (SSSR count). The molecule has 10 nitrogen and oxygen atoms in total. The zero-order valence-corrected chi connectivity index (χ0v) is 31.2. The summed E-state index contributed by atoms with van der Waals surface area (Å²) in [6, 6.07) is 16.3. The van der Waals surface area contributed by atoms with Gasteiger partial charge in [-0.15, -0.1) is 0 Å². The molecule has 2 aliphatic heterocycles. The van der Waals surface area contributed by atoms with Crippen LogP contribution in [0, 0.1) is 10.8 Å². The number of nitrogens with zero attached hydrogens (tertiary/aromatic N) is 4. The van der Waals surface area contributed by atoms with Crippen molar-refractivity contribution in [3.05, 3.63) is 72.6 Å². The van der Waals surface area contributed by atoms with E-state index in [1.807, 2.05) is 53.9 Å². The third-order valence-corrected chi connectivity index (χ3v) is 9.76. The zero-order valence-electron chi connectivity index (χ0n) is 31.2. The molecule has 2 saturated heterocycles. The molecule has 4 aromatic rings. The molecule has 2 aromatic carbocycles. The minimum atomic E-state index is -0.563. The van der Waals surface area contributed by atoms with Gasteiger partial charge in [-0.2, -0.15) is 0 Å². The Morgan fingerprint density at radius 2 is 0.940 bits per heavy atom. The maximum absolute atomic E-state index is 13.1. The van der Waals surface area contributed by atoms with Crippen molar-refractivity contribution in [3.8, 4) is 33.6 Å². The number of hydrogen-bond donors (Lipinski definition) is 2. The fourth-order valence-electron chi connectivity index (χ4n) is 7.18. The Balaban J connectivity index is 1.16. The van der Waals surface area contributed by atoms with Gasteiger partial charge in [-0.05, 0) is 76.3 Å². The molecule has 50 heavy (non-hydrogen) atoms. The summed E-state index contributed by atoms with van der Waals surface area (Å²) in [4.78, 5) is 46.4. The van der Waals surface area contributed by atoms with Crippen LogP contribution in [0.2, 0.25) is 0 Å². The number of hydrogen-bond acceptors (Lipinski definition) is 6. The summed E-state index contributed by atoms with van der Waals surface area (Å²) in [6.45, 7) is 21.3. The van der Waals surface area contributed by atoms with Gasteiger partial charge in [-0.25, -0.2) is 19.6 Å². The van der Waals surface area contributed by atoms with Gasteiger partial charge in [-0.1, -0.05) is 76.2 Å². The molecule has 2 N–H and O–H groups in total. The molecule has 2 fully saturated rings. The first kappa shape index (κ1) is 35.2. The predicted molar refractivity (Wildman–Crippen MR) is 195 cm³/mol. The van der Waals surface area contributed by atoms with Crippen LogP contribution in [0.3, 0.4) is 0 Å². The van der Waals surface area contributed by atoms with E-state index in [0.29, 0.717) is 13.1 Å². The molecular formula is C40H52N6O4. The number of carbonyl (C=O) groups is 2. The van der Waals surface area contributed by atoms with Crippen molar-refractivity contribution < 1.29 is 19.1 Å². The quantitative estimate of drug-likeness (QED) is 0.217. The fraction of sp³-hybridized carbons (Fsp3) is 0.500. The smallest absolute Gasteiger partial charge is 0.410 e. The Hall–Kier alpha value is -4.60. The maximum Gasteiger partial charge on any atom is 0.410 e. The number of ether oxygens (including phenoxy) is 2. The molecule has 266 valence electrons. The molecule has 2 aliphatic rings. The average molecular weight is 681 g/mol. The molecular weight excluding hydrogens is 628 g/mol. The number of likely N-dealkylation sites (tertiary alicyclic amines) is 2. The second-order valence-corrected chi connectivity index (χ2v) is 17.1. The molecule has 2 atom stereocenters. The van der Waals surface area contributed by atoms with Crippen LogP contribution in [0.5, 0.6) is 0 Å². The Bertz CT molecular complexity index is 1700. The number of nitrogens with one attached hydrogen (secondary N) is 2. The summed E-state index contributed by atoms with van der Waals surface area (Å²) >= 11 is 0. The van der Waals surface area contributed by atoms with Gasteiger partial charge >= 0.3 is 12.2 Å². The van der Waals surface area contributed by atoms with E-state index in [4.69, 9.17) is 19.4 Å². The highest BCUT2D eigenvalue weighted by molar-refractivity contribution is 5.72. The van der Waals surface area contributed by atoms with Gasteiger partial charge in [0.05, 0.1) is 23.5 Å². The lowest BCUT2D eigenvalue weighted by Crippen LogP contribution is -2.38. The van der Waals surface area contributed by atoms with E-state index in [9.17, 15) is 9.59 Å². The second kappa shape index (κ2) is 12.6. The maximum atomic E-state index is 13.1. The normalized spacial score (nSPS) is 20.3. The number of benzene rings is 2. The van der Waals surface area contributed by atoms with Crippen molar-refractivity contribution in [2.75, 3.05) is 13.1 Å². The Morgan fingerprint density at radius 3 is 1.26 bits per heavy atom. The fourth-order valence-corrected chi connectivity index (χ4v) is 7.18. The lowest BCUT2D eigenvalue weighted by Gasteiger charge is -2.32. The summed E-state index contributed by atoms with van der Waals surface area (Å²) in [7, 11) is 0. The van der Waals surface area contributed by atoms with Gasteiger partial charge in [0.1, 0.15) is 22.9 Å². The number of H-pyrrole nitrogens is 2. The highest BCUT2D eigenvalue weighted by Crippen LogP contribution is 2.48. The van der Waals surface area contributed by atoms with Crippen molar-refractivity contribution in [2.24, 2.45) is 10.8 Å². The molecule has 0 bridgehead atoms. The van der Waals surface area contributed by atoms with E-state index in [0.717, 1.165) is 58.1 Å². The first-order valence-corrected chi connectivity index (χ1v) is 17.6. The summed E-state index contributed by atoms with van der Waals surface area (Å²) < 4.78 is 11.4. The van der Waals surface area contributed by atoms with E-state index in [2.05, 4.69) is 86.2 Å². The van der Waals surface area contributed by atoms with Crippen LogP contribution in [-0.4, -0.2) is 66.2 Å². The molecule has 0 saturated carbocycles. The number of imidazole rings is 2. The number of rotatable bonds is 5. The summed E-state index contributed by atoms with van der Waals surface area (Å²) in [5, 5.41) is 0. The standard InChI is InChI=1S/C40H52N6O4/c1-37(2,3)49-35(47)45-21-19-39(7,8)31(45)33-41-23-29(43-33)27-15-11-25(12-16-27)26-13-17-28(18-14-26)30-24-42-34(44-30)32-40(9,10)20-22-46(32)36(48)50-38(4,5)6/h11-18,23-24,31-32H,19-22H2,1-10H3,(H,41,43)(H,42,44)/t31-,32-/m0/s1. The van der Waals surface area contributed by atoms with Crippen LogP contribution >= 0.6 is 0 Å². The van der Waals surface area contributed by atoms with Gasteiger partial charge in [0.2, 0.25) is 0 Å². The van der Waals surface area contributed by atoms with Gasteiger partial charge in [0, 0.05) is 36.6 Å². The predicted octanol–water partition coefficient (Wildman–Crippen LogP) is 9.55. The van der Waals surface area contributed by atoms with Crippen LogP contribution in [0.15, 0.2) is 60.9 Å². The van der Waals surface area contributed by atoms with Crippen LogP contribution in [-0.2, 0) is 9.47 Å². The Kier molecular flexibility index (Phi) is 8.89. The molecule has 0 spiro atoms. The minimum absolute atomic E-state index is 0.146. The summed E-state index contributed by atoms with van der Waals surface area (Å²) in [5.41, 5.74) is 4.41. The van der Waals surface area contributed by atoms with E-state index < -0.39 is 11.2 Å². The SMILES string of the molecule is CC(C)(C)OC(=O)N1CCC(C)(C)[C@@H]1c1nc(-c2ccc(-c3ccc(-c4c[nH]c([C@@H]5N(C(=O)OC(C)(C)C)CCC5(C)C)n4)cc3)cc2)c[nH]1. The topological polar surface area (TPSA) is 116 Å². The number of aromatic amines is 2. The molecule has 10 heteroatoms.